The summed E-state index contributed by atoms with van der Waals surface area (Å²) in [6.07, 6.45) is 8.63. The average Bonchev–Trinajstić information content (AvgIpc) is 2.85. The van der Waals surface area contributed by atoms with Crippen LogP contribution in [0.3, 0.4) is 0 Å². The quantitative estimate of drug-likeness (QED) is 0.696. The van der Waals surface area contributed by atoms with E-state index in [1.165, 1.54) is 43.1 Å². The Morgan fingerprint density at radius 3 is 2.09 bits per heavy atom. The van der Waals surface area contributed by atoms with E-state index in [9.17, 15) is 18.0 Å². The highest BCUT2D eigenvalue weighted by molar-refractivity contribution is 7.92. The summed E-state index contributed by atoms with van der Waals surface area (Å²) < 4.78 is 27.6. The number of carbonyl (C=O) groups is 2. The third-order valence-corrected chi connectivity index (χ3v) is 7.53. The van der Waals surface area contributed by atoms with Crippen LogP contribution < -0.4 is 10.0 Å². The molecule has 1 aliphatic heterocycles. The second-order valence-corrected chi connectivity index (χ2v) is 10.1. The van der Waals surface area contributed by atoms with E-state index in [-0.39, 0.29) is 22.9 Å². The van der Waals surface area contributed by atoms with Crippen molar-refractivity contribution in [1.29, 1.82) is 0 Å². The molecule has 1 saturated heterocycles. The molecule has 2 aromatic rings. The summed E-state index contributed by atoms with van der Waals surface area (Å²) in [7, 11) is -3.76. The van der Waals surface area contributed by atoms with E-state index in [2.05, 4.69) is 15.0 Å². The van der Waals surface area contributed by atoms with Crippen LogP contribution in [0, 0.1) is 0 Å². The molecule has 4 rings (SSSR count). The van der Waals surface area contributed by atoms with Gasteiger partial charge in [-0.25, -0.2) is 13.2 Å². The number of anilines is 1. The number of carbonyl (C=O) groups excluding carboxylic acids is 2. The van der Waals surface area contributed by atoms with Crippen LogP contribution >= 0.6 is 0 Å². The zero-order chi connectivity index (χ0) is 23.3. The van der Waals surface area contributed by atoms with Gasteiger partial charge < -0.3 is 15.1 Å². The minimum absolute atomic E-state index is 0.0507. The largest absolute Gasteiger partial charge is 0.335 e. The molecule has 33 heavy (non-hydrogen) atoms. The third-order valence-electron chi connectivity index (χ3n) is 6.13. The first-order chi connectivity index (χ1) is 15.9. The number of sulfonamides is 1. The number of rotatable bonds is 5. The molecule has 0 radical (unpaired) electrons. The molecule has 10 heteroatoms. The first kappa shape index (κ1) is 23.0. The van der Waals surface area contributed by atoms with Crippen LogP contribution in [-0.4, -0.2) is 67.4 Å². The molecule has 0 bridgehead atoms. The van der Waals surface area contributed by atoms with E-state index < -0.39 is 10.0 Å². The van der Waals surface area contributed by atoms with Crippen molar-refractivity contribution < 1.29 is 18.0 Å². The van der Waals surface area contributed by atoms with Crippen molar-refractivity contribution in [3.63, 3.8) is 0 Å². The van der Waals surface area contributed by atoms with Crippen molar-refractivity contribution >= 4 is 27.6 Å². The second-order valence-electron chi connectivity index (χ2n) is 8.43. The third kappa shape index (κ3) is 5.81. The van der Waals surface area contributed by atoms with Gasteiger partial charge in [-0.05, 0) is 49.2 Å². The number of aromatic nitrogens is 1. The van der Waals surface area contributed by atoms with Gasteiger partial charge in [-0.1, -0.05) is 19.3 Å². The monoisotopic (exact) mass is 471 g/mol. The van der Waals surface area contributed by atoms with Crippen molar-refractivity contribution in [3.8, 4) is 0 Å². The molecule has 2 aliphatic rings. The van der Waals surface area contributed by atoms with Gasteiger partial charge in [0, 0.05) is 50.2 Å². The molecule has 0 atom stereocenters. The Bertz CT molecular complexity index is 1060. The van der Waals surface area contributed by atoms with E-state index >= 15 is 0 Å². The zero-order valence-corrected chi connectivity index (χ0v) is 19.3. The van der Waals surface area contributed by atoms with Gasteiger partial charge in [0.25, 0.3) is 15.9 Å². The van der Waals surface area contributed by atoms with E-state index in [0.29, 0.717) is 37.4 Å². The predicted octanol–water partition coefficient (Wildman–Crippen LogP) is 2.68. The van der Waals surface area contributed by atoms with E-state index in [1.807, 2.05) is 0 Å². The molecule has 2 heterocycles. The maximum atomic E-state index is 12.9. The highest BCUT2D eigenvalue weighted by atomic mass is 32.2. The number of pyridine rings is 1. The van der Waals surface area contributed by atoms with Gasteiger partial charge in [0.05, 0.1) is 10.6 Å². The van der Waals surface area contributed by atoms with Crippen LogP contribution in [0.4, 0.5) is 10.5 Å². The van der Waals surface area contributed by atoms with Crippen LogP contribution in [0.1, 0.15) is 42.5 Å². The van der Waals surface area contributed by atoms with Gasteiger partial charge in [-0.3, -0.25) is 14.5 Å². The minimum Gasteiger partial charge on any atom is -0.335 e. The number of piperazine rings is 1. The summed E-state index contributed by atoms with van der Waals surface area (Å²) >= 11 is 0. The van der Waals surface area contributed by atoms with E-state index in [0.717, 1.165) is 25.7 Å². The normalized spacial score (nSPS) is 17.5. The number of nitrogens with one attached hydrogen (secondary N) is 2. The summed E-state index contributed by atoms with van der Waals surface area (Å²) in [4.78, 5) is 32.8. The van der Waals surface area contributed by atoms with Crippen molar-refractivity contribution in [2.24, 2.45) is 0 Å². The molecular formula is C23H29N5O4S. The summed E-state index contributed by atoms with van der Waals surface area (Å²) in [6, 6.07) is 9.21. The highest BCUT2D eigenvalue weighted by Gasteiger charge is 2.27. The smallest absolute Gasteiger partial charge is 0.317 e. The van der Waals surface area contributed by atoms with Crippen LogP contribution in [0.5, 0.6) is 0 Å². The maximum absolute atomic E-state index is 12.9. The number of benzene rings is 1. The van der Waals surface area contributed by atoms with Gasteiger partial charge in [-0.15, -0.1) is 0 Å². The molecule has 2 fully saturated rings. The standard InChI is InChI=1S/C23H29N5O4S/c29-22(27-14-16-28(17-15-27)23(30)25-19-4-2-1-3-5-19)18-6-8-21(9-7-18)33(31,32)26-20-10-12-24-13-11-20/h6-13,19H,1-5,14-17H2,(H,24,26)(H,25,30). The molecule has 1 aromatic carbocycles. The number of nitrogens with zero attached hydrogens (tertiary/aromatic N) is 3. The Labute approximate surface area is 194 Å². The van der Waals surface area contributed by atoms with Gasteiger partial charge in [0.15, 0.2) is 0 Å². The summed E-state index contributed by atoms with van der Waals surface area (Å²) in [5.74, 6) is -0.173. The van der Waals surface area contributed by atoms with Gasteiger partial charge in [0.1, 0.15) is 0 Å². The Morgan fingerprint density at radius 1 is 0.848 bits per heavy atom. The first-order valence-electron chi connectivity index (χ1n) is 11.3. The van der Waals surface area contributed by atoms with Gasteiger partial charge >= 0.3 is 6.03 Å². The fourth-order valence-corrected chi connectivity index (χ4v) is 5.28. The van der Waals surface area contributed by atoms with Gasteiger partial charge in [0.2, 0.25) is 0 Å². The molecule has 3 amide bonds. The molecule has 0 unspecified atom stereocenters. The lowest BCUT2D eigenvalue weighted by atomic mass is 9.96. The summed E-state index contributed by atoms with van der Waals surface area (Å²) in [5, 5.41) is 3.12. The number of amides is 3. The molecule has 2 N–H and O–H groups in total. The Balaban J connectivity index is 1.31. The minimum atomic E-state index is -3.76. The predicted molar refractivity (Wildman–Crippen MR) is 124 cm³/mol. The molecule has 1 saturated carbocycles. The molecular weight excluding hydrogens is 442 g/mol. The maximum Gasteiger partial charge on any atom is 0.317 e. The van der Waals surface area contributed by atoms with Crippen LogP contribution in [-0.2, 0) is 10.0 Å². The lowest BCUT2D eigenvalue weighted by molar-refractivity contribution is 0.0662. The fourth-order valence-electron chi connectivity index (χ4n) is 4.22. The zero-order valence-electron chi connectivity index (χ0n) is 18.4. The van der Waals surface area contributed by atoms with E-state index in [1.54, 1.807) is 21.9 Å². The second kappa shape index (κ2) is 10.2. The number of urea groups is 1. The van der Waals surface area contributed by atoms with Crippen LogP contribution in [0.25, 0.3) is 0 Å². The summed E-state index contributed by atoms with van der Waals surface area (Å²) in [6.45, 7) is 1.85. The van der Waals surface area contributed by atoms with Crippen molar-refractivity contribution in [2.45, 2.75) is 43.0 Å². The van der Waals surface area contributed by atoms with Crippen LogP contribution in [0.15, 0.2) is 53.7 Å². The number of hydrogen-bond acceptors (Lipinski definition) is 5. The lowest BCUT2D eigenvalue weighted by Gasteiger charge is -2.36. The topological polar surface area (TPSA) is 112 Å². The van der Waals surface area contributed by atoms with E-state index in [4.69, 9.17) is 0 Å². The van der Waals surface area contributed by atoms with Crippen molar-refractivity contribution in [1.82, 2.24) is 20.1 Å². The van der Waals surface area contributed by atoms with Crippen molar-refractivity contribution in [2.75, 3.05) is 30.9 Å². The molecule has 1 aromatic heterocycles. The summed E-state index contributed by atoms with van der Waals surface area (Å²) in [5.41, 5.74) is 0.827. The highest BCUT2D eigenvalue weighted by Crippen LogP contribution is 2.19. The molecule has 0 spiro atoms. The first-order valence-corrected chi connectivity index (χ1v) is 12.8. The van der Waals surface area contributed by atoms with Crippen LogP contribution in [0.2, 0.25) is 0 Å². The number of hydrogen-bond donors (Lipinski definition) is 2. The SMILES string of the molecule is O=C(NC1CCCCC1)N1CCN(C(=O)c2ccc(S(=O)(=O)Nc3ccncc3)cc2)CC1. The van der Waals surface area contributed by atoms with Crippen molar-refractivity contribution in [3.05, 3.63) is 54.4 Å². The average molecular weight is 472 g/mol. The Morgan fingerprint density at radius 2 is 1.45 bits per heavy atom. The Hall–Kier alpha value is -3.14. The lowest BCUT2D eigenvalue weighted by Crippen LogP contribution is -2.54. The molecule has 176 valence electrons. The molecule has 1 aliphatic carbocycles. The fraction of sp³-hybridized carbons (Fsp3) is 0.435. The molecule has 9 nitrogen and oxygen atoms in total. The Kier molecular flexibility index (Phi) is 7.12. The van der Waals surface area contributed by atoms with Gasteiger partial charge in [-0.2, -0.15) is 0 Å².